The number of nitrogens with zero attached hydrogens (tertiary/aromatic N) is 1. The van der Waals surface area contributed by atoms with E-state index in [1.165, 1.54) is 244 Å². The summed E-state index contributed by atoms with van der Waals surface area (Å²) in [7, 11) is 1.19. The fraction of sp³-hybridized carbons (Fsp3) is 0.966. The van der Waals surface area contributed by atoms with Gasteiger partial charge in [0.25, 0.3) is 7.82 Å². The summed E-state index contributed by atoms with van der Waals surface area (Å²) in [6, 6.07) is 0. The molecule has 0 spiro atoms. The number of likely N-dealkylation sites (N-methyl/N-ethyl adjacent to an activating group) is 1. The van der Waals surface area contributed by atoms with Crippen LogP contribution in [0.3, 0.4) is 0 Å². The molecule has 0 aliphatic carbocycles. The van der Waals surface area contributed by atoms with Crippen LogP contribution < -0.4 is 4.89 Å². The SMILES string of the molecule is CCCCCCCCCCCCCCCCCCCCCCCCC(=O)OCC(COP(=O)([O-])OCC[N+](C)(C)C)OC(=O)CCCCCCCCCCCCCCCCCCCCCCCC. The zero-order valence-corrected chi connectivity index (χ0v) is 47.0. The van der Waals surface area contributed by atoms with E-state index in [-0.39, 0.29) is 32.0 Å². The van der Waals surface area contributed by atoms with E-state index >= 15 is 0 Å². The van der Waals surface area contributed by atoms with E-state index in [1.807, 2.05) is 21.1 Å². The monoisotopic (exact) mass is 986 g/mol. The zero-order chi connectivity index (χ0) is 49.9. The van der Waals surface area contributed by atoms with Crippen LogP contribution >= 0.6 is 7.82 Å². The number of hydrogen-bond acceptors (Lipinski definition) is 8. The van der Waals surface area contributed by atoms with Crippen molar-refractivity contribution in [3.05, 3.63) is 0 Å². The predicted octanol–water partition coefficient (Wildman–Crippen LogP) is 17.6. The van der Waals surface area contributed by atoms with Crippen molar-refractivity contribution in [1.82, 2.24) is 0 Å². The number of esters is 2. The minimum absolute atomic E-state index is 0.0250. The highest BCUT2D eigenvalue weighted by Crippen LogP contribution is 2.38. The minimum Gasteiger partial charge on any atom is -0.756 e. The molecule has 68 heavy (non-hydrogen) atoms. The molecule has 0 bridgehead atoms. The molecule has 0 saturated carbocycles. The Kier molecular flexibility index (Phi) is 50.2. The molecule has 0 saturated heterocycles. The van der Waals surface area contributed by atoms with E-state index in [0.717, 1.165) is 32.1 Å². The molecule has 9 nitrogen and oxygen atoms in total. The zero-order valence-electron chi connectivity index (χ0n) is 46.1. The highest BCUT2D eigenvalue weighted by atomic mass is 31.2. The van der Waals surface area contributed by atoms with E-state index in [9.17, 15) is 19.0 Å². The Morgan fingerprint density at radius 2 is 0.662 bits per heavy atom. The summed E-state index contributed by atoms with van der Waals surface area (Å²) in [5, 5.41) is 0. The van der Waals surface area contributed by atoms with Crippen LogP contribution in [-0.4, -0.2) is 70.0 Å². The molecular weight excluding hydrogens is 870 g/mol. The van der Waals surface area contributed by atoms with Crippen molar-refractivity contribution in [2.45, 2.75) is 315 Å². The maximum absolute atomic E-state index is 12.8. The summed E-state index contributed by atoms with van der Waals surface area (Å²) in [4.78, 5) is 37.9. The summed E-state index contributed by atoms with van der Waals surface area (Å²) in [6.07, 6.45) is 57.2. The van der Waals surface area contributed by atoms with E-state index in [1.54, 1.807) is 0 Å². The van der Waals surface area contributed by atoms with Gasteiger partial charge in [0.05, 0.1) is 27.7 Å². The van der Waals surface area contributed by atoms with Crippen molar-refractivity contribution in [1.29, 1.82) is 0 Å². The predicted molar refractivity (Wildman–Crippen MR) is 287 cm³/mol. The third kappa shape index (κ3) is 54.3. The Morgan fingerprint density at radius 3 is 0.941 bits per heavy atom. The van der Waals surface area contributed by atoms with Gasteiger partial charge in [-0.05, 0) is 12.8 Å². The molecule has 406 valence electrons. The van der Waals surface area contributed by atoms with Crippen molar-refractivity contribution in [3.63, 3.8) is 0 Å². The normalized spacial score (nSPS) is 13.2. The van der Waals surface area contributed by atoms with E-state index < -0.39 is 26.5 Å². The van der Waals surface area contributed by atoms with Crippen LogP contribution in [0.25, 0.3) is 0 Å². The molecule has 0 aromatic rings. The van der Waals surface area contributed by atoms with Gasteiger partial charge in [0, 0.05) is 12.8 Å². The molecule has 2 unspecified atom stereocenters. The number of carbonyl (C=O) groups excluding carboxylic acids is 2. The molecule has 0 fully saturated rings. The van der Waals surface area contributed by atoms with Crippen LogP contribution in [-0.2, 0) is 32.7 Å². The van der Waals surface area contributed by atoms with E-state index in [4.69, 9.17) is 18.5 Å². The van der Waals surface area contributed by atoms with Crippen LogP contribution in [0.4, 0.5) is 0 Å². The van der Waals surface area contributed by atoms with Crippen molar-refractivity contribution in [3.8, 4) is 0 Å². The Balaban J connectivity index is 4.09. The smallest absolute Gasteiger partial charge is 0.306 e. The molecule has 0 aliphatic heterocycles. The second-order valence-corrected chi connectivity index (χ2v) is 23.1. The number of phosphoric acid groups is 1. The van der Waals surface area contributed by atoms with E-state index in [0.29, 0.717) is 17.4 Å². The lowest BCUT2D eigenvalue weighted by molar-refractivity contribution is -0.870. The summed E-state index contributed by atoms with van der Waals surface area (Å²) in [5.41, 5.74) is 0. The largest absolute Gasteiger partial charge is 0.756 e. The highest BCUT2D eigenvalue weighted by Gasteiger charge is 2.22. The highest BCUT2D eigenvalue weighted by molar-refractivity contribution is 7.45. The molecule has 0 rings (SSSR count). The molecule has 10 heteroatoms. The quantitative estimate of drug-likeness (QED) is 0.0256. The van der Waals surface area contributed by atoms with Gasteiger partial charge in [0.2, 0.25) is 0 Å². The Morgan fingerprint density at radius 1 is 0.397 bits per heavy atom. The van der Waals surface area contributed by atoms with Gasteiger partial charge in [0.1, 0.15) is 19.8 Å². The molecular formula is C58H116NO8P. The Labute approximate surface area is 423 Å². The van der Waals surface area contributed by atoms with Crippen molar-refractivity contribution >= 4 is 19.8 Å². The number of rotatable bonds is 56. The molecule has 0 heterocycles. The lowest BCUT2D eigenvalue weighted by atomic mass is 10.0. The third-order valence-electron chi connectivity index (χ3n) is 13.6. The standard InChI is InChI=1S/C58H116NO8P/c1-6-8-10-12-14-16-18-20-22-24-26-28-30-32-34-36-38-40-42-44-46-48-50-57(60)64-54-56(55-66-68(62,63)65-53-52-59(3,4)5)67-58(61)51-49-47-45-43-41-39-37-35-33-31-29-27-25-23-21-19-17-15-13-11-9-7-2/h56H,6-55H2,1-5H3. The van der Waals surface area contributed by atoms with Gasteiger partial charge in [-0.3, -0.25) is 14.2 Å². The van der Waals surface area contributed by atoms with Crippen LogP contribution in [0.2, 0.25) is 0 Å². The van der Waals surface area contributed by atoms with Crippen molar-refractivity contribution in [2.75, 3.05) is 47.5 Å². The number of unbranched alkanes of at least 4 members (excludes halogenated alkanes) is 42. The van der Waals surface area contributed by atoms with Gasteiger partial charge in [-0.15, -0.1) is 0 Å². The van der Waals surface area contributed by atoms with Crippen molar-refractivity contribution in [2.24, 2.45) is 0 Å². The molecule has 0 radical (unpaired) electrons. The minimum atomic E-state index is -4.63. The topological polar surface area (TPSA) is 111 Å². The maximum atomic E-state index is 12.8. The Hall–Kier alpha value is -0.990. The Bertz CT molecular complexity index is 1120. The average molecular weight is 987 g/mol. The molecule has 0 aromatic heterocycles. The first-order chi connectivity index (χ1) is 33.0. The van der Waals surface area contributed by atoms with Gasteiger partial charge < -0.3 is 27.9 Å². The fourth-order valence-corrected chi connectivity index (χ4v) is 9.74. The third-order valence-corrected chi connectivity index (χ3v) is 14.6. The number of ether oxygens (including phenoxy) is 2. The first kappa shape index (κ1) is 67.0. The van der Waals surface area contributed by atoms with Gasteiger partial charge in [-0.1, -0.05) is 284 Å². The number of carbonyl (C=O) groups is 2. The molecule has 0 N–H and O–H groups in total. The van der Waals surface area contributed by atoms with Gasteiger partial charge in [0.15, 0.2) is 6.10 Å². The maximum Gasteiger partial charge on any atom is 0.306 e. The summed E-state index contributed by atoms with van der Waals surface area (Å²) in [5.74, 6) is -0.808. The molecule has 0 aromatic carbocycles. The van der Waals surface area contributed by atoms with Crippen LogP contribution in [0.15, 0.2) is 0 Å². The lowest BCUT2D eigenvalue weighted by Gasteiger charge is -2.28. The fourth-order valence-electron chi connectivity index (χ4n) is 9.01. The van der Waals surface area contributed by atoms with Gasteiger partial charge in [-0.25, -0.2) is 0 Å². The number of hydrogen-bond donors (Lipinski definition) is 0. The summed E-state index contributed by atoms with van der Waals surface area (Å²) >= 11 is 0. The van der Waals surface area contributed by atoms with E-state index in [2.05, 4.69) is 13.8 Å². The first-order valence-electron chi connectivity index (χ1n) is 29.7. The average Bonchev–Trinajstić information content (AvgIpc) is 3.30. The number of phosphoric ester groups is 1. The molecule has 0 amide bonds. The molecule has 2 atom stereocenters. The lowest BCUT2D eigenvalue weighted by Crippen LogP contribution is -2.37. The van der Waals surface area contributed by atoms with Gasteiger partial charge >= 0.3 is 11.9 Å². The second kappa shape index (κ2) is 50.9. The van der Waals surface area contributed by atoms with Crippen LogP contribution in [0.5, 0.6) is 0 Å². The van der Waals surface area contributed by atoms with Crippen molar-refractivity contribution < 1.29 is 42.1 Å². The van der Waals surface area contributed by atoms with Crippen LogP contribution in [0.1, 0.15) is 309 Å². The summed E-state index contributed by atoms with van der Waals surface area (Å²) in [6.45, 7) is 4.32. The first-order valence-corrected chi connectivity index (χ1v) is 31.2. The second-order valence-electron chi connectivity index (χ2n) is 21.7. The van der Waals surface area contributed by atoms with Crippen LogP contribution in [0, 0.1) is 0 Å². The summed E-state index contributed by atoms with van der Waals surface area (Å²) < 4.78 is 34.2. The molecule has 0 aliphatic rings. The number of quaternary nitrogens is 1. The van der Waals surface area contributed by atoms with Gasteiger partial charge in [-0.2, -0.15) is 0 Å².